The molecule has 0 unspecified atom stereocenters. The average molecular weight is 422 g/mol. The maximum Gasteiger partial charge on any atom is 0.262 e. The number of hydrogen-bond acceptors (Lipinski definition) is 4. The van der Waals surface area contributed by atoms with Crippen LogP contribution < -0.4 is 10.9 Å². The summed E-state index contributed by atoms with van der Waals surface area (Å²) in [5.74, 6) is -0.0854. The Morgan fingerprint density at radius 2 is 1.77 bits per heavy atom. The van der Waals surface area contributed by atoms with Gasteiger partial charge in [0.15, 0.2) is 5.16 Å². The van der Waals surface area contributed by atoms with Crippen LogP contribution in [-0.2, 0) is 4.79 Å². The Labute approximate surface area is 180 Å². The van der Waals surface area contributed by atoms with Crippen LogP contribution in [0.2, 0.25) is 0 Å². The van der Waals surface area contributed by atoms with Gasteiger partial charge in [-0.15, -0.1) is 0 Å². The van der Waals surface area contributed by atoms with E-state index in [0.717, 1.165) is 42.5 Å². The molecule has 4 rings (SSSR count). The number of para-hydroxylation sites is 2. The summed E-state index contributed by atoms with van der Waals surface area (Å²) in [5.41, 5.74) is 3.60. The summed E-state index contributed by atoms with van der Waals surface area (Å²) < 4.78 is 1.84. The van der Waals surface area contributed by atoms with Gasteiger partial charge in [-0.2, -0.15) is 0 Å². The molecule has 0 spiro atoms. The normalized spacial score (nSPS) is 15.4. The molecular formula is C24H27N3O2S. The summed E-state index contributed by atoms with van der Waals surface area (Å²) >= 11 is 1.36. The number of amides is 1. The van der Waals surface area contributed by atoms with Crippen molar-refractivity contribution >= 4 is 34.3 Å². The Morgan fingerprint density at radius 1 is 1.10 bits per heavy atom. The Kier molecular flexibility index (Phi) is 5.95. The zero-order chi connectivity index (χ0) is 21.3. The second-order valence-electron chi connectivity index (χ2n) is 8.04. The molecule has 5 nitrogen and oxygen atoms in total. The molecule has 30 heavy (non-hydrogen) atoms. The summed E-state index contributed by atoms with van der Waals surface area (Å²) in [6.45, 7) is 5.85. The zero-order valence-corrected chi connectivity index (χ0v) is 18.5. The lowest BCUT2D eigenvalue weighted by Crippen LogP contribution is -2.29. The predicted molar refractivity (Wildman–Crippen MR) is 123 cm³/mol. The third kappa shape index (κ3) is 4.01. The van der Waals surface area contributed by atoms with Crippen molar-refractivity contribution < 1.29 is 4.79 Å². The van der Waals surface area contributed by atoms with E-state index in [1.54, 1.807) is 0 Å². The Morgan fingerprint density at radius 3 is 2.47 bits per heavy atom. The van der Waals surface area contributed by atoms with Gasteiger partial charge in [-0.1, -0.05) is 54.9 Å². The molecule has 0 aliphatic heterocycles. The topological polar surface area (TPSA) is 64.0 Å². The van der Waals surface area contributed by atoms with Crippen molar-refractivity contribution in [2.45, 2.75) is 62.9 Å². The minimum atomic E-state index is -0.385. The van der Waals surface area contributed by atoms with Gasteiger partial charge >= 0.3 is 0 Å². The van der Waals surface area contributed by atoms with Crippen molar-refractivity contribution in [3.63, 3.8) is 0 Å². The van der Waals surface area contributed by atoms with E-state index in [1.807, 2.05) is 67.8 Å². The number of anilines is 1. The first-order valence-electron chi connectivity index (χ1n) is 10.5. The fourth-order valence-electron chi connectivity index (χ4n) is 4.14. The van der Waals surface area contributed by atoms with Crippen molar-refractivity contribution in [2.24, 2.45) is 0 Å². The molecule has 1 amide bonds. The summed E-state index contributed by atoms with van der Waals surface area (Å²) in [4.78, 5) is 31.0. The summed E-state index contributed by atoms with van der Waals surface area (Å²) in [6, 6.07) is 13.6. The van der Waals surface area contributed by atoms with Crippen LogP contribution in [0.4, 0.5) is 5.69 Å². The van der Waals surface area contributed by atoms with E-state index in [1.165, 1.54) is 11.8 Å². The number of carbonyl (C=O) groups is 1. The molecule has 1 fully saturated rings. The van der Waals surface area contributed by atoms with Crippen LogP contribution in [-0.4, -0.2) is 20.7 Å². The highest BCUT2D eigenvalue weighted by Gasteiger charge is 2.26. The molecule has 0 bridgehead atoms. The number of aryl methyl sites for hydroxylation is 2. The van der Waals surface area contributed by atoms with Gasteiger partial charge < -0.3 is 5.32 Å². The van der Waals surface area contributed by atoms with E-state index in [9.17, 15) is 9.59 Å². The van der Waals surface area contributed by atoms with E-state index in [0.29, 0.717) is 16.1 Å². The molecule has 1 saturated carbocycles. The second-order valence-corrected chi connectivity index (χ2v) is 9.35. The highest BCUT2D eigenvalue weighted by molar-refractivity contribution is 8.00. The highest BCUT2D eigenvalue weighted by atomic mass is 32.2. The smallest absolute Gasteiger partial charge is 0.262 e. The third-order valence-corrected chi connectivity index (χ3v) is 6.91. The monoisotopic (exact) mass is 421 g/mol. The van der Waals surface area contributed by atoms with E-state index >= 15 is 0 Å². The van der Waals surface area contributed by atoms with E-state index in [2.05, 4.69) is 5.32 Å². The van der Waals surface area contributed by atoms with Crippen LogP contribution in [0, 0.1) is 13.8 Å². The summed E-state index contributed by atoms with van der Waals surface area (Å²) in [7, 11) is 0. The fraction of sp³-hybridized carbons (Fsp3) is 0.375. The minimum Gasteiger partial charge on any atom is -0.325 e. The number of rotatable bonds is 5. The first kappa shape index (κ1) is 20.7. The van der Waals surface area contributed by atoms with Crippen LogP contribution in [0.3, 0.4) is 0 Å². The SMILES string of the molecule is Cc1cccc(C)c1NC(=O)[C@H](C)Sc1nc2ccccc2c(=O)n1C1CCCC1. The summed E-state index contributed by atoms with van der Waals surface area (Å²) in [6.07, 6.45) is 4.21. The van der Waals surface area contributed by atoms with Crippen LogP contribution in [0.5, 0.6) is 0 Å². The standard InChI is InChI=1S/C24H27N3O2S/c1-15-9-8-10-16(2)21(15)26-22(28)17(3)30-24-25-20-14-7-6-13-19(20)23(29)27(24)18-11-4-5-12-18/h6-10,13-14,17-18H,4-5,11-12H2,1-3H3,(H,26,28)/t17-/m0/s1. The second kappa shape index (κ2) is 8.64. The van der Waals surface area contributed by atoms with E-state index in [-0.39, 0.29) is 22.8 Å². The van der Waals surface area contributed by atoms with Gasteiger partial charge in [0.25, 0.3) is 5.56 Å². The fourth-order valence-corrected chi connectivity index (χ4v) is 5.12. The lowest BCUT2D eigenvalue weighted by molar-refractivity contribution is -0.115. The van der Waals surface area contributed by atoms with Crippen molar-refractivity contribution in [1.82, 2.24) is 9.55 Å². The number of thioether (sulfide) groups is 1. The number of nitrogens with one attached hydrogen (secondary N) is 1. The lowest BCUT2D eigenvalue weighted by atomic mass is 10.1. The van der Waals surface area contributed by atoms with Gasteiger partial charge in [0.05, 0.1) is 16.2 Å². The molecule has 2 aromatic carbocycles. The average Bonchev–Trinajstić information content (AvgIpc) is 3.25. The van der Waals surface area contributed by atoms with E-state index in [4.69, 9.17) is 4.98 Å². The largest absolute Gasteiger partial charge is 0.325 e. The molecule has 0 radical (unpaired) electrons. The number of aromatic nitrogens is 2. The molecule has 3 aromatic rings. The zero-order valence-electron chi connectivity index (χ0n) is 17.6. The van der Waals surface area contributed by atoms with E-state index < -0.39 is 0 Å². The molecule has 1 aromatic heterocycles. The van der Waals surface area contributed by atoms with Gasteiger partial charge in [-0.3, -0.25) is 14.2 Å². The molecule has 156 valence electrons. The van der Waals surface area contributed by atoms with Crippen molar-refractivity contribution in [3.8, 4) is 0 Å². The number of fused-ring (bicyclic) bond motifs is 1. The number of carbonyl (C=O) groups excluding carboxylic acids is 1. The van der Waals surface area contributed by atoms with Crippen molar-refractivity contribution in [2.75, 3.05) is 5.32 Å². The molecule has 1 atom stereocenters. The van der Waals surface area contributed by atoms with Gasteiger partial charge in [-0.25, -0.2) is 4.98 Å². The van der Waals surface area contributed by atoms with Crippen LogP contribution in [0.1, 0.15) is 49.8 Å². The van der Waals surface area contributed by atoms with Crippen molar-refractivity contribution in [3.05, 3.63) is 63.9 Å². The van der Waals surface area contributed by atoms with Gasteiger partial charge in [-0.05, 0) is 56.9 Å². The predicted octanol–water partition coefficient (Wildman–Crippen LogP) is 5.25. The van der Waals surface area contributed by atoms with Crippen LogP contribution >= 0.6 is 11.8 Å². The minimum absolute atomic E-state index is 0.00245. The lowest BCUT2D eigenvalue weighted by Gasteiger charge is -2.21. The molecule has 6 heteroatoms. The summed E-state index contributed by atoms with van der Waals surface area (Å²) in [5, 5.41) is 3.95. The van der Waals surface area contributed by atoms with Gasteiger partial charge in [0.1, 0.15) is 0 Å². The van der Waals surface area contributed by atoms with Gasteiger partial charge in [0, 0.05) is 11.7 Å². The Hall–Kier alpha value is -2.60. The van der Waals surface area contributed by atoms with Gasteiger partial charge in [0.2, 0.25) is 5.91 Å². The molecule has 1 heterocycles. The third-order valence-electron chi connectivity index (χ3n) is 5.85. The molecule has 1 aliphatic rings. The molecular weight excluding hydrogens is 394 g/mol. The van der Waals surface area contributed by atoms with Crippen LogP contribution in [0.15, 0.2) is 52.4 Å². The quantitative estimate of drug-likeness (QED) is 0.451. The number of benzene rings is 2. The number of nitrogens with zero attached hydrogens (tertiary/aromatic N) is 2. The molecule has 1 aliphatic carbocycles. The van der Waals surface area contributed by atoms with Crippen molar-refractivity contribution in [1.29, 1.82) is 0 Å². The molecule has 1 N–H and O–H groups in total. The Balaban J connectivity index is 1.66. The highest BCUT2D eigenvalue weighted by Crippen LogP contribution is 2.33. The molecule has 0 saturated heterocycles. The van der Waals surface area contributed by atoms with Crippen LogP contribution in [0.25, 0.3) is 10.9 Å². The maximum absolute atomic E-state index is 13.3. The maximum atomic E-state index is 13.3. The number of hydrogen-bond donors (Lipinski definition) is 1. The Bertz CT molecular complexity index is 1130. The first-order chi connectivity index (χ1) is 14.5. The first-order valence-corrected chi connectivity index (χ1v) is 11.4.